The number of aromatic amines is 1. The predicted molar refractivity (Wildman–Crippen MR) is 127 cm³/mol. The third kappa shape index (κ3) is 4.02. The van der Waals surface area contributed by atoms with Gasteiger partial charge in [-0.15, -0.1) is 0 Å². The number of allylic oxidation sites excluding steroid dienone is 1. The highest BCUT2D eigenvalue weighted by molar-refractivity contribution is 6.09. The van der Waals surface area contributed by atoms with Crippen LogP contribution in [0.2, 0.25) is 0 Å². The summed E-state index contributed by atoms with van der Waals surface area (Å²) >= 11 is 0. The van der Waals surface area contributed by atoms with Crippen molar-refractivity contribution in [1.82, 2.24) is 9.97 Å². The number of carbonyl (C=O) groups excluding carboxylic acids is 1. The van der Waals surface area contributed by atoms with Gasteiger partial charge in [-0.3, -0.25) is 9.78 Å². The van der Waals surface area contributed by atoms with Crippen molar-refractivity contribution in [2.24, 2.45) is 0 Å². The molecule has 7 nitrogen and oxygen atoms in total. The van der Waals surface area contributed by atoms with E-state index >= 15 is 0 Å². The van der Waals surface area contributed by atoms with E-state index in [-0.39, 0.29) is 5.91 Å². The fraction of sp³-hybridized carbons (Fsp3) is 0.0800. The summed E-state index contributed by atoms with van der Waals surface area (Å²) in [6, 6.07) is 16.8. The molecule has 2 heterocycles. The van der Waals surface area contributed by atoms with Crippen molar-refractivity contribution in [3.63, 3.8) is 0 Å². The van der Waals surface area contributed by atoms with E-state index in [1.807, 2.05) is 36.4 Å². The van der Waals surface area contributed by atoms with Crippen LogP contribution >= 0.6 is 0 Å². The molecule has 0 bridgehead atoms. The van der Waals surface area contributed by atoms with E-state index in [0.29, 0.717) is 28.1 Å². The first kappa shape index (κ1) is 20.7. The molecule has 0 aliphatic rings. The molecule has 0 atom stereocenters. The Labute approximate surface area is 185 Å². The highest BCUT2D eigenvalue weighted by atomic mass is 16.5. The Morgan fingerprint density at radius 1 is 1.19 bits per heavy atom. The van der Waals surface area contributed by atoms with Gasteiger partial charge in [0, 0.05) is 59.0 Å². The second-order valence-corrected chi connectivity index (χ2v) is 7.00. The van der Waals surface area contributed by atoms with Gasteiger partial charge in [-0.2, -0.15) is 5.26 Å². The van der Waals surface area contributed by atoms with E-state index in [2.05, 4.69) is 26.7 Å². The number of carbonyl (C=O) groups is 1. The van der Waals surface area contributed by atoms with Crippen molar-refractivity contribution < 1.29 is 9.53 Å². The monoisotopic (exact) mass is 423 g/mol. The maximum Gasteiger partial charge on any atom is 0.257 e. The fourth-order valence-corrected chi connectivity index (χ4v) is 3.53. The number of benzene rings is 2. The molecule has 0 saturated heterocycles. The maximum absolute atomic E-state index is 12.8. The molecule has 158 valence electrons. The Morgan fingerprint density at radius 3 is 2.81 bits per heavy atom. The van der Waals surface area contributed by atoms with Crippen LogP contribution in [-0.2, 0) is 0 Å². The Hall–Kier alpha value is -4.57. The minimum absolute atomic E-state index is 0.220. The van der Waals surface area contributed by atoms with Crippen molar-refractivity contribution in [2.45, 2.75) is 0 Å². The molecule has 2 aromatic carbocycles. The number of ether oxygens (including phenoxy) is 1. The first-order valence-electron chi connectivity index (χ1n) is 9.94. The van der Waals surface area contributed by atoms with Crippen LogP contribution in [0.15, 0.2) is 67.1 Å². The van der Waals surface area contributed by atoms with Crippen molar-refractivity contribution in [3.05, 3.63) is 83.8 Å². The highest BCUT2D eigenvalue weighted by Crippen LogP contribution is 2.30. The van der Waals surface area contributed by atoms with Crippen molar-refractivity contribution in [3.8, 4) is 11.8 Å². The number of fused-ring (bicyclic) bond motifs is 1. The van der Waals surface area contributed by atoms with Gasteiger partial charge < -0.3 is 20.4 Å². The predicted octanol–water partition coefficient (Wildman–Crippen LogP) is 4.93. The smallest absolute Gasteiger partial charge is 0.257 e. The number of nitrogens with zero attached hydrogens (tertiary/aromatic N) is 2. The van der Waals surface area contributed by atoms with Crippen LogP contribution in [0.3, 0.4) is 0 Å². The van der Waals surface area contributed by atoms with E-state index in [1.165, 1.54) is 0 Å². The lowest BCUT2D eigenvalue weighted by Crippen LogP contribution is -2.13. The molecule has 0 fully saturated rings. The number of hydrogen-bond acceptors (Lipinski definition) is 5. The number of pyridine rings is 1. The van der Waals surface area contributed by atoms with E-state index in [1.54, 1.807) is 51.0 Å². The van der Waals surface area contributed by atoms with Gasteiger partial charge >= 0.3 is 0 Å². The van der Waals surface area contributed by atoms with Gasteiger partial charge in [-0.1, -0.05) is 12.1 Å². The summed E-state index contributed by atoms with van der Waals surface area (Å²) in [6.45, 7) is 0. The Morgan fingerprint density at radius 2 is 2.03 bits per heavy atom. The van der Waals surface area contributed by atoms with Gasteiger partial charge in [0.05, 0.1) is 24.3 Å². The third-order valence-corrected chi connectivity index (χ3v) is 5.12. The fourth-order valence-electron chi connectivity index (χ4n) is 3.53. The zero-order valence-electron chi connectivity index (χ0n) is 17.6. The summed E-state index contributed by atoms with van der Waals surface area (Å²) in [5.74, 6) is 0.409. The molecule has 4 aromatic rings. The van der Waals surface area contributed by atoms with Gasteiger partial charge in [-0.05, 0) is 42.5 Å². The minimum Gasteiger partial charge on any atom is -0.496 e. The van der Waals surface area contributed by atoms with Crippen molar-refractivity contribution >= 4 is 39.8 Å². The number of H-pyrrole nitrogens is 1. The molecule has 0 unspecified atom stereocenters. The van der Waals surface area contributed by atoms with Crippen molar-refractivity contribution in [2.75, 3.05) is 24.8 Å². The molecular weight excluding hydrogens is 402 g/mol. The maximum atomic E-state index is 12.8. The summed E-state index contributed by atoms with van der Waals surface area (Å²) in [4.78, 5) is 20.1. The first-order valence-corrected chi connectivity index (χ1v) is 9.94. The molecule has 0 aliphatic heterocycles. The molecule has 1 amide bonds. The standard InChI is InChI=1S/C25H21N5O2/c1-27-22-6-4-3-5-19(22)25(31)30-18-7-8-23-20(12-18)21(15-29-23)16(13-26)11-17-14-28-10-9-24(17)32-2/h3-12,14-15,27,29H,1-2H3,(H,30,31)/b16-11+. The van der Waals surface area contributed by atoms with Gasteiger partial charge in [0.1, 0.15) is 5.75 Å². The van der Waals surface area contributed by atoms with Gasteiger partial charge in [0.25, 0.3) is 5.91 Å². The second-order valence-electron chi connectivity index (χ2n) is 7.00. The normalized spacial score (nSPS) is 11.1. The number of anilines is 2. The lowest BCUT2D eigenvalue weighted by atomic mass is 10.0. The minimum atomic E-state index is -0.220. The molecule has 7 heteroatoms. The molecule has 3 N–H and O–H groups in total. The number of para-hydroxylation sites is 1. The molecule has 0 radical (unpaired) electrons. The van der Waals surface area contributed by atoms with Gasteiger partial charge in [-0.25, -0.2) is 0 Å². The molecule has 32 heavy (non-hydrogen) atoms. The lowest BCUT2D eigenvalue weighted by Gasteiger charge is -2.10. The molecule has 0 saturated carbocycles. The van der Waals surface area contributed by atoms with Crippen LogP contribution in [-0.4, -0.2) is 30.0 Å². The average molecular weight is 423 g/mol. The van der Waals surface area contributed by atoms with Crippen molar-refractivity contribution in [1.29, 1.82) is 5.26 Å². The van der Waals surface area contributed by atoms with E-state index in [4.69, 9.17) is 4.74 Å². The number of methoxy groups -OCH3 is 1. The molecule has 2 aromatic heterocycles. The zero-order chi connectivity index (χ0) is 22.5. The number of nitriles is 1. The molecule has 0 aliphatic carbocycles. The summed E-state index contributed by atoms with van der Waals surface area (Å²) in [7, 11) is 3.35. The van der Waals surface area contributed by atoms with Crippen LogP contribution in [0, 0.1) is 11.3 Å². The lowest BCUT2D eigenvalue weighted by molar-refractivity contribution is 0.102. The van der Waals surface area contributed by atoms with E-state index < -0.39 is 0 Å². The summed E-state index contributed by atoms with van der Waals surface area (Å²) < 4.78 is 5.36. The van der Waals surface area contributed by atoms with E-state index in [9.17, 15) is 10.1 Å². The van der Waals surface area contributed by atoms with Gasteiger partial charge in [0.2, 0.25) is 0 Å². The second kappa shape index (κ2) is 9.06. The van der Waals surface area contributed by atoms with Crippen LogP contribution < -0.4 is 15.4 Å². The largest absolute Gasteiger partial charge is 0.496 e. The average Bonchev–Trinajstić information content (AvgIpc) is 3.25. The third-order valence-electron chi connectivity index (χ3n) is 5.12. The zero-order valence-corrected chi connectivity index (χ0v) is 17.6. The van der Waals surface area contributed by atoms with Crippen LogP contribution in [0.5, 0.6) is 5.75 Å². The number of hydrogen-bond donors (Lipinski definition) is 3. The summed E-state index contributed by atoms with van der Waals surface area (Å²) in [5, 5.41) is 16.6. The number of aromatic nitrogens is 2. The van der Waals surface area contributed by atoms with Crippen LogP contribution in [0.4, 0.5) is 11.4 Å². The Kier molecular flexibility index (Phi) is 5.86. The summed E-state index contributed by atoms with van der Waals surface area (Å²) in [6.07, 6.45) is 6.80. The topological polar surface area (TPSA) is 103 Å². The van der Waals surface area contributed by atoms with Crippen LogP contribution in [0.1, 0.15) is 21.5 Å². The van der Waals surface area contributed by atoms with Crippen LogP contribution in [0.25, 0.3) is 22.6 Å². The van der Waals surface area contributed by atoms with Gasteiger partial charge in [0.15, 0.2) is 0 Å². The number of nitrogens with one attached hydrogen (secondary N) is 3. The molecular formula is C25H21N5O2. The number of amides is 1. The molecule has 0 spiro atoms. The Balaban J connectivity index is 1.70. The molecule has 4 rings (SSSR count). The Bertz CT molecular complexity index is 1360. The van der Waals surface area contributed by atoms with E-state index in [0.717, 1.165) is 22.2 Å². The quantitative estimate of drug-likeness (QED) is 0.382. The first-order chi connectivity index (χ1) is 15.6. The SMILES string of the molecule is CNc1ccccc1C(=O)Nc1ccc2[nH]cc(/C(C#N)=C/c3cnccc3OC)c2c1. The number of rotatable bonds is 6. The highest BCUT2D eigenvalue weighted by Gasteiger charge is 2.14. The summed E-state index contributed by atoms with van der Waals surface area (Å²) in [5.41, 5.74) is 4.65.